The van der Waals surface area contributed by atoms with Gasteiger partial charge in [-0.3, -0.25) is 10.8 Å². The Hall–Kier alpha value is -2.79. The van der Waals surface area contributed by atoms with E-state index in [4.69, 9.17) is 22.3 Å². The highest BCUT2D eigenvalue weighted by Gasteiger charge is 2.12. The summed E-state index contributed by atoms with van der Waals surface area (Å²) in [5.74, 6) is -0.0903. The van der Waals surface area contributed by atoms with E-state index in [2.05, 4.69) is 4.98 Å². The van der Waals surface area contributed by atoms with Gasteiger partial charge in [0.25, 0.3) is 0 Å². The van der Waals surface area contributed by atoms with Crippen LogP contribution in [0.25, 0.3) is 22.2 Å². The highest BCUT2D eigenvalue weighted by atomic mass is 35.5. The third-order valence-electron chi connectivity index (χ3n) is 3.44. The number of para-hydroxylation sites is 1. The number of H-pyrrole nitrogens is 1. The average Bonchev–Trinajstić information content (AvgIpc) is 2.90. The Balaban J connectivity index is 0.00000176. The lowest BCUT2D eigenvalue weighted by Crippen LogP contribution is -2.16. The van der Waals surface area contributed by atoms with Gasteiger partial charge >= 0.3 is 0 Å². The molecule has 0 bridgehead atoms. The fraction of sp³-hybridized carbons (Fsp3) is 0. The number of hydrogen-bond acceptors (Lipinski definition) is 2. The molecule has 3 aromatic rings. The summed E-state index contributed by atoms with van der Waals surface area (Å²) in [4.78, 5) is 3.32. The van der Waals surface area contributed by atoms with Crippen molar-refractivity contribution in [1.29, 1.82) is 10.8 Å². The van der Waals surface area contributed by atoms with Crippen molar-refractivity contribution >= 4 is 35.0 Å². The zero-order valence-electron chi connectivity index (χ0n) is 11.7. The van der Waals surface area contributed by atoms with Gasteiger partial charge in [-0.1, -0.05) is 30.3 Å². The molecule has 0 amide bonds. The van der Waals surface area contributed by atoms with E-state index in [0.717, 1.165) is 22.2 Å². The van der Waals surface area contributed by atoms with Crippen LogP contribution in [-0.2, 0) is 0 Å². The molecule has 22 heavy (non-hydrogen) atoms. The van der Waals surface area contributed by atoms with Crippen LogP contribution < -0.4 is 11.5 Å². The quantitative estimate of drug-likeness (QED) is 0.378. The maximum absolute atomic E-state index is 7.75. The molecule has 0 radical (unpaired) electrons. The van der Waals surface area contributed by atoms with Crippen molar-refractivity contribution in [3.05, 3.63) is 59.7 Å². The molecule has 0 fully saturated rings. The fourth-order valence-electron chi connectivity index (χ4n) is 2.39. The highest BCUT2D eigenvalue weighted by molar-refractivity contribution is 6.05. The molecule has 5 nitrogen and oxygen atoms in total. The Kier molecular flexibility index (Phi) is 4.19. The first kappa shape index (κ1) is 15.6. The van der Waals surface area contributed by atoms with Gasteiger partial charge in [-0.05, 0) is 18.2 Å². The maximum atomic E-state index is 7.75. The predicted molar refractivity (Wildman–Crippen MR) is 93.0 cm³/mol. The summed E-state index contributed by atoms with van der Waals surface area (Å²) in [6.07, 6.45) is 0. The largest absolute Gasteiger partial charge is 0.384 e. The average molecular weight is 314 g/mol. The van der Waals surface area contributed by atoms with Crippen LogP contribution in [0.3, 0.4) is 0 Å². The van der Waals surface area contributed by atoms with Crippen molar-refractivity contribution in [3.8, 4) is 11.3 Å². The van der Waals surface area contributed by atoms with E-state index < -0.39 is 0 Å². The molecular weight excluding hydrogens is 298 g/mol. The number of amidine groups is 2. The van der Waals surface area contributed by atoms with Gasteiger partial charge in [-0.25, -0.2) is 0 Å². The van der Waals surface area contributed by atoms with E-state index in [0.29, 0.717) is 11.1 Å². The zero-order chi connectivity index (χ0) is 15.0. The van der Waals surface area contributed by atoms with Crippen LogP contribution in [0.15, 0.2) is 48.5 Å². The standard InChI is InChI=1S/C16H15N5.ClH/c17-15(18)10-5-6-11(12(7-10)16(19)20)14-8-9-3-1-2-4-13(9)21-14;/h1-8,21H,(H3,17,18)(H3,19,20);1H. The molecule has 3 rings (SSSR count). The summed E-state index contributed by atoms with van der Waals surface area (Å²) < 4.78 is 0. The van der Waals surface area contributed by atoms with Gasteiger partial charge in [0.05, 0.1) is 0 Å². The summed E-state index contributed by atoms with van der Waals surface area (Å²) in [6.45, 7) is 0. The SMILES string of the molecule is Cl.N=C(N)c1ccc(-c2cc3ccccc3[nH]2)c(C(=N)N)c1. The molecule has 1 aromatic heterocycles. The van der Waals surface area contributed by atoms with Gasteiger partial charge < -0.3 is 16.5 Å². The van der Waals surface area contributed by atoms with Crippen molar-refractivity contribution in [1.82, 2.24) is 4.98 Å². The Bertz CT molecular complexity index is 833. The molecule has 0 aliphatic heterocycles. The van der Waals surface area contributed by atoms with Crippen molar-refractivity contribution in [3.63, 3.8) is 0 Å². The third kappa shape index (κ3) is 2.66. The molecule has 0 spiro atoms. The van der Waals surface area contributed by atoms with Gasteiger partial charge in [-0.15, -0.1) is 12.4 Å². The van der Waals surface area contributed by atoms with Crippen molar-refractivity contribution in [2.24, 2.45) is 11.5 Å². The molecule has 0 aliphatic rings. The molecule has 112 valence electrons. The lowest BCUT2D eigenvalue weighted by molar-refractivity contribution is 1.37. The van der Waals surface area contributed by atoms with E-state index in [1.807, 2.05) is 36.4 Å². The Labute approximate surface area is 133 Å². The van der Waals surface area contributed by atoms with Crippen molar-refractivity contribution in [2.45, 2.75) is 0 Å². The summed E-state index contributed by atoms with van der Waals surface area (Å²) in [6, 6.07) is 15.2. The maximum Gasteiger partial charge on any atom is 0.123 e. The molecule has 1 heterocycles. The normalized spacial score (nSPS) is 10.2. The number of fused-ring (bicyclic) bond motifs is 1. The summed E-state index contributed by atoms with van der Waals surface area (Å²) in [5, 5.41) is 16.3. The predicted octanol–water partition coefficient (Wildman–Crippen LogP) is 2.82. The van der Waals surface area contributed by atoms with Crippen molar-refractivity contribution < 1.29 is 0 Å². The number of halogens is 1. The van der Waals surface area contributed by atoms with Gasteiger partial charge in [0.2, 0.25) is 0 Å². The first-order valence-corrected chi connectivity index (χ1v) is 6.47. The second kappa shape index (κ2) is 5.91. The number of aromatic nitrogens is 1. The van der Waals surface area contributed by atoms with E-state index in [9.17, 15) is 0 Å². The van der Waals surface area contributed by atoms with Crippen molar-refractivity contribution in [2.75, 3.05) is 0 Å². The smallest absolute Gasteiger partial charge is 0.123 e. The molecular formula is C16H16ClN5. The number of nitrogens with two attached hydrogens (primary N) is 2. The van der Waals surface area contributed by atoms with Gasteiger partial charge in [-0.2, -0.15) is 0 Å². The Morgan fingerprint density at radius 2 is 1.64 bits per heavy atom. The molecule has 0 saturated carbocycles. The molecule has 0 saturated heterocycles. The number of aromatic amines is 1. The second-order valence-corrected chi connectivity index (χ2v) is 4.86. The first-order valence-electron chi connectivity index (χ1n) is 6.47. The first-order chi connectivity index (χ1) is 10.1. The number of nitrogens with one attached hydrogen (secondary N) is 3. The Morgan fingerprint density at radius 1 is 0.909 bits per heavy atom. The number of benzene rings is 2. The van der Waals surface area contributed by atoms with Gasteiger partial charge in [0, 0.05) is 33.3 Å². The summed E-state index contributed by atoms with van der Waals surface area (Å²) in [5.41, 5.74) is 15.0. The second-order valence-electron chi connectivity index (χ2n) is 4.86. The van der Waals surface area contributed by atoms with Gasteiger partial charge in [0.1, 0.15) is 11.7 Å². The molecule has 0 aliphatic carbocycles. The van der Waals surface area contributed by atoms with Crippen LogP contribution >= 0.6 is 12.4 Å². The Morgan fingerprint density at radius 3 is 2.27 bits per heavy atom. The lowest BCUT2D eigenvalue weighted by Gasteiger charge is -2.09. The number of hydrogen-bond donors (Lipinski definition) is 5. The molecule has 0 unspecified atom stereocenters. The van der Waals surface area contributed by atoms with E-state index in [1.54, 1.807) is 12.1 Å². The lowest BCUT2D eigenvalue weighted by atomic mass is 10.00. The summed E-state index contributed by atoms with van der Waals surface area (Å²) >= 11 is 0. The van der Waals surface area contributed by atoms with Gasteiger partial charge in [0.15, 0.2) is 0 Å². The van der Waals surface area contributed by atoms with Crippen LogP contribution in [0.1, 0.15) is 11.1 Å². The molecule has 7 N–H and O–H groups in total. The fourth-order valence-corrected chi connectivity index (χ4v) is 2.39. The van der Waals surface area contributed by atoms with Crippen LogP contribution in [-0.4, -0.2) is 16.7 Å². The topological polar surface area (TPSA) is 116 Å². The number of nitrogen functional groups attached to an aromatic ring is 2. The third-order valence-corrected chi connectivity index (χ3v) is 3.44. The molecule has 2 aromatic carbocycles. The van der Waals surface area contributed by atoms with E-state index in [-0.39, 0.29) is 24.1 Å². The van der Waals surface area contributed by atoms with Crippen LogP contribution in [0.4, 0.5) is 0 Å². The van der Waals surface area contributed by atoms with E-state index in [1.165, 1.54) is 0 Å². The van der Waals surface area contributed by atoms with Crippen LogP contribution in [0, 0.1) is 10.8 Å². The minimum Gasteiger partial charge on any atom is -0.384 e. The minimum absolute atomic E-state index is 0. The highest BCUT2D eigenvalue weighted by Crippen LogP contribution is 2.27. The molecule has 6 heteroatoms. The monoisotopic (exact) mass is 313 g/mol. The minimum atomic E-state index is -0.0493. The van der Waals surface area contributed by atoms with Crippen LogP contribution in [0.2, 0.25) is 0 Å². The van der Waals surface area contributed by atoms with E-state index >= 15 is 0 Å². The summed E-state index contributed by atoms with van der Waals surface area (Å²) in [7, 11) is 0. The number of rotatable bonds is 3. The van der Waals surface area contributed by atoms with Crippen LogP contribution in [0.5, 0.6) is 0 Å². The zero-order valence-corrected chi connectivity index (χ0v) is 12.5. The molecule has 0 atom stereocenters.